The number of ether oxygens (including phenoxy) is 1. The number of Topliss-reactive ketones (excluding diaryl/α,β-unsaturated/α-hetero) is 1. The summed E-state index contributed by atoms with van der Waals surface area (Å²) in [7, 11) is 0. The van der Waals surface area contributed by atoms with Crippen molar-refractivity contribution >= 4 is 11.8 Å². The summed E-state index contributed by atoms with van der Waals surface area (Å²) in [6, 6.07) is 7.30. The van der Waals surface area contributed by atoms with Gasteiger partial charge in [0, 0.05) is 12.8 Å². The third-order valence-electron chi connectivity index (χ3n) is 2.48. The van der Waals surface area contributed by atoms with Crippen LogP contribution in [-0.4, -0.2) is 23.0 Å². The maximum absolute atomic E-state index is 10.9. The molecule has 0 saturated heterocycles. The van der Waals surface area contributed by atoms with E-state index in [9.17, 15) is 9.59 Å². The molecule has 0 amide bonds. The highest BCUT2D eigenvalue weighted by molar-refractivity contribution is 5.78. The van der Waals surface area contributed by atoms with Crippen LogP contribution in [0, 0.1) is 0 Å². The van der Waals surface area contributed by atoms with Crippen LogP contribution >= 0.6 is 0 Å². The van der Waals surface area contributed by atoms with Crippen LogP contribution in [-0.2, 0) is 16.0 Å². The molecule has 0 aromatic heterocycles. The number of ketones is 1. The zero-order valence-corrected chi connectivity index (χ0v) is 10.7. The van der Waals surface area contributed by atoms with Gasteiger partial charge < -0.3 is 9.84 Å². The number of carboxylic acids is 1. The van der Waals surface area contributed by atoms with Crippen molar-refractivity contribution in [2.24, 2.45) is 0 Å². The van der Waals surface area contributed by atoms with Crippen LogP contribution in [0.5, 0.6) is 5.75 Å². The smallest absolute Gasteiger partial charge is 0.303 e. The zero-order chi connectivity index (χ0) is 13.5. The Morgan fingerprint density at radius 1 is 1.28 bits per heavy atom. The molecule has 0 aliphatic rings. The van der Waals surface area contributed by atoms with Crippen LogP contribution in [0.25, 0.3) is 0 Å². The Labute approximate surface area is 107 Å². The topological polar surface area (TPSA) is 63.6 Å². The van der Waals surface area contributed by atoms with Crippen molar-refractivity contribution in [3.05, 3.63) is 29.8 Å². The lowest BCUT2D eigenvalue weighted by molar-refractivity contribution is -0.137. The van der Waals surface area contributed by atoms with Crippen molar-refractivity contribution in [2.75, 3.05) is 0 Å². The molecular weight excluding hydrogens is 232 g/mol. The molecule has 1 aromatic carbocycles. The molecule has 0 spiro atoms. The summed E-state index contributed by atoms with van der Waals surface area (Å²) < 4.78 is 5.58. The number of aliphatic carboxylic acids is 1. The number of hydrogen-bond acceptors (Lipinski definition) is 3. The first-order valence-electron chi connectivity index (χ1n) is 5.94. The Hall–Kier alpha value is -1.84. The maximum Gasteiger partial charge on any atom is 0.303 e. The normalized spacial score (nSPS) is 11.9. The van der Waals surface area contributed by atoms with Crippen molar-refractivity contribution in [1.29, 1.82) is 0 Å². The molecule has 1 unspecified atom stereocenters. The standard InChI is InChI=1S/C14H18O4/c1-10(15)9-12-4-6-13(7-5-12)18-11(2)3-8-14(16)17/h4-7,11H,3,8-9H2,1-2H3,(H,16,17). The first-order chi connectivity index (χ1) is 8.47. The molecule has 0 saturated carbocycles. The molecule has 0 aliphatic carbocycles. The summed E-state index contributed by atoms with van der Waals surface area (Å²) in [4.78, 5) is 21.4. The van der Waals surface area contributed by atoms with Gasteiger partial charge in [0.2, 0.25) is 0 Å². The molecule has 0 heterocycles. The molecular formula is C14H18O4. The molecule has 1 aromatic rings. The second-order valence-electron chi connectivity index (χ2n) is 4.38. The summed E-state index contributed by atoms with van der Waals surface area (Å²) in [6.45, 7) is 3.39. The van der Waals surface area contributed by atoms with E-state index in [2.05, 4.69) is 0 Å². The first kappa shape index (κ1) is 14.2. The quantitative estimate of drug-likeness (QED) is 0.807. The van der Waals surface area contributed by atoms with Gasteiger partial charge in [-0.2, -0.15) is 0 Å². The summed E-state index contributed by atoms with van der Waals surface area (Å²) in [5, 5.41) is 8.56. The van der Waals surface area contributed by atoms with Crippen LogP contribution in [0.3, 0.4) is 0 Å². The van der Waals surface area contributed by atoms with Gasteiger partial charge in [-0.3, -0.25) is 9.59 Å². The zero-order valence-electron chi connectivity index (χ0n) is 10.7. The lowest BCUT2D eigenvalue weighted by atomic mass is 10.1. The van der Waals surface area contributed by atoms with E-state index in [4.69, 9.17) is 9.84 Å². The lowest BCUT2D eigenvalue weighted by Crippen LogP contribution is -2.13. The van der Waals surface area contributed by atoms with Crippen LogP contribution < -0.4 is 4.74 Å². The van der Waals surface area contributed by atoms with Gasteiger partial charge in [-0.1, -0.05) is 12.1 Å². The van der Waals surface area contributed by atoms with Crippen molar-refractivity contribution in [1.82, 2.24) is 0 Å². The number of carbonyl (C=O) groups excluding carboxylic acids is 1. The van der Waals surface area contributed by atoms with Gasteiger partial charge in [0.1, 0.15) is 11.5 Å². The summed E-state index contributed by atoms with van der Waals surface area (Å²) in [5.74, 6) is 0.000872. The third kappa shape index (κ3) is 5.48. The van der Waals surface area contributed by atoms with Gasteiger partial charge >= 0.3 is 5.97 Å². The van der Waals surface area contributed by atoms with E-state index in [0.29, 0.717) is 18.6 Å². The van der Waals surface area contributed by atoms with Crippen LogP contribution in [0.15, 0.2) is 24.3 Å². The number of carboxylic acid groups (broad SMARTS) is 1. The predicted octanol–water partition coefficient (Wildman–Crippen LogP) is 2.45. The van der Waals surface area contributed by atoms with E-state index in [0.717, 1.165) is 5.56 Å². The van der Waals surface area contributed by atoms with Crippen LogP contribution in [0.2, 0.25) is 0 Å². The van der Waals surface area contributed by atoms with Gasteiger partial charge in [-0.25, -0.2) is 0 Å². The Morgan fingerprint density at radius 2 is 1.89 bits per heavy atom. The van der Waals surface area contributed by atoms with Gasteiger partial charge in [0.25, 0.3) is 0 Å². The van der Waals surface area contributed by atoms with E-state index in [1.54, 1.807) is 19.1 Å². The van der Waals surface area contributed by atoms with E-state index in [1.807, 2.05) is 19.1 Å². The van der Waals surface area contributed by atoms with Crippen molar-refractivity contribution < 1.29 is 19.4 Å². The SMILES string of the molecule is CC(=O)Cc1ccc(OC(C)CCC(=O)O)cc1. The van der Waals surface area contributed by atoms with Crippen LogP contribution in [0.1, 0.15) is 32.3 Å². The molecule has 18 heavy (non-hydrogen) atoms. The van der Waals surface area contributed by atoms with Crippen LogP contribution in [0.4, 0.5) is 0 Å². The van der Waals surface area contributed by atoms with Crippen molar-refractivity contribution in [3.63, 3.8) is 0 Å². The molecule has 98 valence electrons. The highest BCUT2D eigenvalue weighted by Crippen LogP contribution is 2.16. The fourth-order valence-corrected chi connectivity index (χ4v) is 1.59. The van der Waals surface area contributed by atoms with E-state index >= 15 is 0 Å². The first-order valence-corrected chi connectivity index (χ1v) is 5.94. The predicted molar refractivity (Wildman–Crippen MR) is 67.8 cm³/mol. The Morgan fingerprint density at radius 3 is 2.39 bits per heavy atom. The van der Waals surface area contributed by atoms with E-state index in [1.165, 1.54) is 0 Å². The molecule has 0 radical (unpaired) electrons. The largest absolute Gasteiger partial charge is 0.491 e. The average Bonchev–Trinajstić information content (AvgIpc) is 2.28. The molecule has 1 N–H and O–H groups in total. The maximum atomic E-state index is 10.9. The van der Waals surface area contributed by atoms with Crippen molar-refractivity contribution in [2.45, 2.75) is 39.2 Å². The minimum Gasteiger partial charge on any atom is -0.491 e. The molecule has 0 fully saturated rings. The third-order valence-corrected chi connectivity index (χ3v) is 2.48. The second kappa shape index (κ2) is 6.79. The summed E-state index contributed by atoms with van der Waals surface area (Å²) in [5.41, 5.74) is 0.952. The fourth-order valence-electron chi connectivity index (χ4n) is 1.59. The minimum absolute atomic E-state index is 0.101. The molecule has 4 heteroatoms. The average molecular weight is 250 g/mol. The van der Waals surface area contributed by atoms with Crippen molar-refractivity contribution in [3.8, 4) is 5.75 Å². The monoisotopic (exact) mass is 250 g/mol. The minimum atomic E-state index is -0.817. The molecule has 4 nitrogen and oxygen atoms in total. The summed E-state index contributed by atoms with van der Waals surface area (Å²) in [6.07, 6.45) is 0.864. The number of rotatable bonds is 7. The number of hydrogen-bond donors (Lipinski definition) is 1. The van der Waals surface area contributed by atoms with Gasteiger partial charge in [0.15, 0.2) is 0 Å². The lowest BCUT2D eigenvalue weighted by Gasteiger charge is -2.13. The van der Waals surface area contributed by atoms with Gasteiger partial charge in [-0.15, -0.1) is 0 Å². The molecule has 1 atom stereocenters. The van der Waals surface area contributed by atoms with E-state index in [-0.39, 0.29) is 18.3 Å². The van der Waals surface area contributed by atoms with E-state index < -0.39 is 5.97 Å². The molecule has 1 rings (SSSR count). The van der Waals surface area contributed by atoms with Gasteiger partial charge in [0.05, 0.1) is 6.10 Å². The Bertz CT molecular complexity index is 408. The molecule has 0 aliphatic heterocycles. The number of carbonyl (C=O) groups is 2. The fraction of sp³-hybridized carbons (Fsp3) is 0.429. The number of benzene rings is 1. The molecule has 0 bridgehead atoms. The highest BCUT2D eigenvalue weighted by Gasteiger charge is 2.07. The Kier molecular flexibility index (Phi) is 5.36. The summed E-state index contributed by atoms with van der Waals surface area (Å²) >= 11 is 0. The highest BCUT2D eigenvalue weighted by atomic mass is 16.5. The Balaban J connectivity index is 2.47. The van der Waals surface area contributed by atoms with Gasteiger partial charge in [-0.05, 0) is 38.0 Å². The second-order valence-corrected chi connectivity index (χ2v) is 4.38.